The Hall–Kier alpha value is -1.71. The van der Waals surface area contributed by atoms with Crippen LogP contribution in [0.1, 0.15) is 37.0 Å². The van der Waals surface area contributed by atoms with Gasteiger partial charge in [-0.3, -0.25) is 0 Å². The van der Waals surface area contributed by atoms with Crippen LogP contribution in [-0.2, 0) is 4.74 Å². The Morgan fingerprint density at radius 3 is 2.82 bits per heavy atom. The maximum Gasteiger partial charge on any atom is 0.340 e. The molecule has 4 heteroatoms. The Kier molecular flexibility index (Phi) is 4.82. The Morgan fingerprint density at radius 2 is 2.24 bits per heavy atom. The van der Waals surface area contributed by atoms with Crippen LogP contribution in [0.4, 0.5) is 11.4 Å². The number of anilines is 2. The molecule has 1 aromatic carbocycles. The molecule has 0 aromatic heterocycles. The SMILES string of the molecule is CCC[C@H](C)Nc1ccc(N)cc1C(=O)OC. The molecule has 0 aliphatic heterocycles. The van der Waals surface area contributed by atoms with Gasteiger partial charge in [0.15, 0.2) is 0 Å². The zero-order valence-corrected chi connectivity index (χ0v) is 10.6. The van der Waals surface area contributed by atoms with Crippen LogP contribution in [0.2, 0.25) is 0 Å². The van der Waals surface area contributed by atoms with Crippen LogP contribution >= 0.6 is 0 Å². The van der Waals surface area contributed by atoms with E-state index in [1.807, 2.05) is 6.07 Å². The monoisotopic (exact) mass is 236 g/mol. The minimum absolute atomic E-state index is 0.312. The van der Waals surface area contributed by atoms with Gasteiger partial charge in [0, 0.05) is 17.4 Å². The number of carbonyl (C=O) groups excluding carboxylic acids is 1. The minimum atomic E-state index is -0.372. The van der Waals surface area contributed by atoms with Crippen LogP contribution in [0.5, 0.6) is 0 Å². The predicted molar refractivity (Wildman–Crippen MR) is 70.2 cm³/mol. The van der Waals surface area contributed by atoms with Crippen molar-refractivity contribution >= 4 is 17.3 Å². The van der Waals surface area contributed by atoms with Gasteiger partial charge in [-0.25, -0.2) is 4.79 Å². The van der Waals surface area contributed by atoms with E-state index < -0.39 is 0 Å². The van der Waals surface area contributed by atoms with Gasteiger partial charge < -0.3 is 15.8 Å². The number of nitrogen functional groups attached to an aromatic ring is 1. The highest BCUT2D eigenvalue weighted by atomic mass is 16.5. The molecule has 0 fully saturated rings. The smallest absolute Gasteiger partial charge is 0.340 e. The standard InChI is InChI=1S/C13H20N2O2/c1-4-5-9(2)15-12-7-6-10(14)8-11(12)13(16)17-3/h6-9,15H,4-5,14H2,1-3H3/t9-/m0/s1. The number of benzene rings is 1. The van der Waals surface area contributed by atoms with E-state index in [0.29, 0.717) is 17.3 Å². The predicted octanol–water partition coefficient (Wildman–Crippen LogP) is 2.66. The third-order valence-corrected chi connectivity index (χ3v) is 2.57. The van der Waals surface area contributed by atoms with Crippen LogP contribution in [0.3, 0.4) is 0 Å². The fourth-order valence-corrected chi connectivity index (χ4v) is 1.74. The van der Waals surface area contributed by atoms with Gasteiger partial charge in [0.25, 0.3) is 0 Å². The molecule has 1 aromatic rings. The Labute approximate surface area is 102 Å². The van der Waals surface area contributed by atoms with Crippen molar-refractivity contribution in [3.63, 3.8) is 0 Å². The molecule has 0 aliphatic carbocycles. The summed E-state index contributed by atoms with van der Waals surface area (Å²) in [5, 5.41) is 3.30. The van der Waals surface area contributed by atoms with Crippen molar-refractivity contribution in [3.05, 3.63) is 23.8 Å². The van der Waals surface area contributed by atoms with Crippen LogP contribution in [0, 0.1) is 0 Å². The third-order valence-electron chi connectivity index (χ3n) is 2.57. The molecule has 0 amide bonds. The summed E-state index contributed by atoms with van der Waals surface area (Å²) in [5.74, 6) is -0.372. The summed E-state index contributed by atoms with van der Waals surface area (Å²) in [7, 11) is 1.37. The van der Waals surface area contributed by atoms with Crippen LogP contribution in [-0.4, -0.2) is 19.1 Å². The molecule has 0 aliphatic rings. The molecule has 0 radical (unpaired) electrons. The van der Waals surface area contributed by atoms with Gasteiger partial charge in [-0.1, -0.05) is 13.3 Å². The van der Waals surface area contributed by atoms with E-state index in [-0.39, 0.29) is 5.97 Å². The van der Waals surface area contributed by atoms with Crippen molar-refractivity contribution in [1.29, 1.82) is 0 Å². The van der Waals surface area contributed by atoms with E-state index in [1.54, 1.807) is 12.1 Å². The second-order valence-electron chi connectivity index (χ2n) is 4.13. The fraction of sp³-hybridized carbons (Fsp3) is 0.462. The summed E-state index contributed by atoms with van der Waals surface area (Å²) in [5.41, 5.74) is 7.48. The number of esters is 1. The maximum absolute atomic E-state index is 11.6. The van der Waals surface area contributed by atoms with Gasteiger partial charge in [-0.2, -0.15) is 0 Å². The summed E-state index contributed by atoms with van der Waals surface area (Å²) in [6.07, 6.45) is 2.14. The molecular formula is C13H20N2O2. The van der Waals surface area contributed by atoms with Gasteiger partial charge in [0.2, 0.25) is 0 Å². The summed E-state index contributed by atoms with van der Waals surface area (Å²) in [4.78, 5) is 11.6. The number of hydrogen-bond acceptors (Lipinski definition) is 4. The van der Waals surface area contributed by atoms with Crippen molar-refractivity contribution in [2.75, 3.05) is 18.2 Å². The lowest BCUT2D eigenvalue weighted by molar-refractivity contribution is 0.0602. The topological polar surface area (TPSA) is 64.3 Å². The minimum Gasteiger partial charge on any atom is -0.465 e. The highest BCUT2D eigenvalue weighted by Crippen LogP contribution is 2.21. The molecule has 1 atom stereocenters. The first-order valence-corrected chi connectivity index (χ1v) is 5.82. The third kappa shape index (κ3) is 3.66. The van der Waals surface area contributed by atoms with E-state index >= 15 is 0 Å². The lowest BCUT2D eigenvalue weighted by Gasteiger charge is -2.17. The van der Waals surface area contributed by atoms with Crippen molar-refractivity contribution in [2.24, 2.45) is 0 Å². The maximum atomic E-state index is 11.6. The molecule has 3 N–H and O–H groups in total. The van der Waals surface area contributed by atoms with Crippen LogP contribution in [0.25, 0.3) is 0 Å². The molecule has 4 nitrogen and oxygen atoms in total. The highest BCUT2D eigenvalue weighted by molar-refractivity contribution is 5.96. The number of nitrogens with one attached hydrogen (secondary N) is 1. The number of hydrogen-bond donors (Lipinski definition) is 2. The largest absolute Gasteiger partial charge is 0.465 e. The van der Waals surface area contributed by atoms with Gasteiger partial charge in [0.05, 0.1) is 12.7 Å². The average molecular weight is 236 g/mol. The molecule has 0 spiro atoms. The summed E-state index contributed by atoms with van der Waals surface area (Å²) in [6.45, 7) is 4.21. The first kappa shape index (κ1) is 13.4. The fourth-order valence-electron chi connectivity index (χ4n) is 1.74. The second-order valence-corrected chi connectivity index (χ2v) is 4.13. The first-order valence-electron chi connectivity index (χ1n) is 5.82. The molecule has 0 bridgehead atoms. The van der Waals surface area contributed by atoms with Crippen LogP contribution in [0.15, 0.2) is 18.2 Å². The molecule has 0 saturated heterocycles. The van der Waals surface area contributed by atoms with Gasteiger partial charge >= 0.3 is 5.97 Å². The van der Waals surface area contributed by atoms with Gasteiger partial charge in [-0.15, -0.1) is 0 Å². The van der Waals surface area contributed by atoms with E-state index in [2.05, 4.69) is 19.2 Å². The normalized spacial score (nSPS) is 11.9. The van der Waals surface area contributed by atoms with Gasteiger partial charge in [-0.05, 0) is 31.5 Å². The van der Waals surface area contributed by atoms with Crippen LogP contribution < -0.4 is 11.1 Å². The molecule has 0 unspecified atom stereocenters. The number of ether oxygens (including phenoxy) is 1. The number of methoxy groups -OCH3 is 1. The Morgan fingerprint density at radius 1 is 1.53 bits per heavy atom. The molecule has 94 valence electrons. The summed E-state index contributed by atoms with van der Waals surface area (Å²) < 4.78 is 4.74. The van der Waals surface area contributed by atoms with E-state index in [9.17, 15) is 4.79 Å². The lowest BCUT2D eigenvalue weighted by Crippen LogP contribution is -2.17. The molecular weight excluding hydrogens is 216 g/mol. The number of rotatable bonds is 5. The molecule has 0 saturated carbocycles. The van der Waals surface area contributed by atoms with E-state index in [1.165, 1.54) is 7.11 Å². The zero-order valence-electron chi connectivity index (χ0n) is 10.6. The molecule has 17 heavy (non-hydrogen) atoms. The summed E-state index contributed by atoms with van der Waals surface area (Å²) in [6, 6.07) is 5.53. The van der Waals surface area contributed by atoms with Crippen molar-refractivity contribution in [3.8, 4) is 0 Å². The lowest BCUT2D eigenvalue weighted by atomic mass is 10.1. The quantitative estimate of drug-likeness (QED) is 0.609. The number of nitrogens with two attached hydrogens (primary N) is 1. The summed E-state index contributed by atoms with van der Waals surface area (Å²) >= 11 is 0. The Bertz CT molecular complexity index is 391. The number of carbonyl (C=O) groups is 1. The van der Waals surface area contributed by atoms with Gasteiger partial charge in [0.1, 0.15) is 0 Å². The van der Waals surface area contributed by atoms with Crippen molar-refractivity contribution in [1.82, 2.24) is 0 Å². The zero-order chi connectivity index (χ0) is 12.8. The van der Waals surface area contributed by atoms with E-state index in [0.717, 1.165) is 18.5 Å². The first-order chi connectivity index (χ1) is 8.08. The Balaban J connectivity index is 2.94. The van der Waals surface area contributed by atoms with E-state index in [4.69, 9.17) is 10.5 Å². The highest BCUT2D eigenvalue weighted by Gasteiger charge is 2.13. The second kappa shape index (κ2) is 6.13. The van der Waals surface area contributed by atoms with Crippen molar-refractivity contribution < 1.29 is 9.53 Å². The average Bonchev–Trinajstić information content (AvgIpc) is 2.30. The van der Waals surface area contributed by atoms with Crippen molar-refractivity contribution in [2.45, 2.75) is 32.7 Å². The molecule has 1 rings (SSSR count). The molecule has 0 heterocycles.